The molecule has 0 aromatic heterocycles. The highest BCUT2D eigenvalue weighted by atomic mass is 35.5. The van der Waals surface area contributed by atoms with E-state index in [1.165, 1.54) is 20.8 Å². The minimum absolute atomic E-state index is 0.145. The quantitative estimate of drug-likeness (QED) is 0.420. The summed E-state index contributed by atoms with van der Waals surface area (Å²) in [7, 11) is 0. The van der Waals surface area contributed by atoms with Gasteiger partial charge in [-0.15, -0.1) is 0 Å². The molecule has 1 heterocycles. The molecule has 1 aliphatic heterocycles. The maximum Gasteiger partial charge on any atom is 0.303 e. The van der Waals surface area contributed by atoms with Crippen molar-refractivity contribution in [2.45, 2.75) is 44.6 Å². The van der Waals surface area contributed by atoms with Gasteiger partial charge in [-0.05, 0) is 0 Å². The second-order valence-corrected chi connectivity index (χ2v) is 4.41. The average Bonchev–Trinajstić information content (AvgIpc) is 2.53. The van der Waals surface area contributed by atoms with E-state index in [4.69, 9.17) is 30.5 Å². The first-order chi connectivity index (χ1) is 8.81. The van der Waals surface area contributed by atoms with Gasteiger partial charge in [-0.2, -0.15) is 0 Å². The van der Waals surface area contributed by atoms with Gasteiger partial charge in [0.1, 0.15) is 12.7 Å². The van der Waals surface area contributed by atoms with Gasteiger partial charge in [-0.1, -0.05) is 11.6 Å². The molecule has 0 aromatic rings. The molecule has 19 heavy (non-hydrogen) atoms. The number of esters is 3. The zero-order chi connectivity index (χ0) is 14.6. The van der Waals surface area contributed by atoms with Crippen LogP contribution in [0.2, 0.25) is 0 Å². The van der Waals surface area contributed by atoms with Gasteiger partial charge in [0.2, 0.25) is 0 Å². The standard InChI is InChI=1S/C11H15ClO7/c1-5(13)16-4-8-9(17-6(2)14)10(11(12)19-8)18-7(3)15/h8-11H,4H2,1-3H3/t8-,9+,10?,11?/m1/s1. The Labute approximate surface area is 115 Å². The molecule has 2 unspecified atom stereocenters. The third-order valence-corrected chi connectivity index (χ3v) is 2.66. The van der Waals surface area contributed by atoms with Crippen LogP contribution in [0.15, 0.2) is 0 Å². The topological polar surface area (TPSA) is 88.1 Å². The number of ether oxygens (including phenoxy) is 4. The molecular weight excluding hydrogens is 280 g/mol. The highest BCUT2D eigenvalue weighted by Crippen LogP contribution is 2.29. The fraction of sp³-hybridized carbons (Fsp3) is 0.727. The normalized spacial score (nSPS) is 29.7. The van der Waals surface area contributed by atoms with Crippen LogP contribution in [-0.2, 0) is 33.3 Å². The maximum absolute atomic E-state index is 11.1. The first-order valence-electron chi connectivity index (χ1n) is 5.58. The van der Waals surface area contributed by atoms with E-state index < -0.39 is 41.8 Å². The Morgan fingerprint density at radius 2 is 1.53 bits per heavy atom. The van der Waals surface area contributed by atoms with Gasteiger partial charge < -0.3 is 18.9 Å². The van der Waals surface area contributed by atoms with Crippen molar-refractivity contribution in [2.24, 2.45) is 0 Å². The molecule has 1 rings (SSSR count). The van der Waals surface area contributed by atoms with Gasteiger partial charge in [0, 0.05) is 20.8 Å². The predicted octanol–water partition coefficient (Wildman–Crippen LogP) is 0.377. The molecule has 8 heteroatoms. The molecule has 1 fully saturated rings. The minimum Gasteiger partial charge on any atom is -0.463 e. The van der Waals surface area contributed by atoms with Crippen LogP contribution in [0.5, 0.6) is 0 Å². The fourth-order valence-corrected chi connectivity index (χ4v) is 1.99. The van der Waals surface area contributed by atoms with Gasteiger partial charge in [-0.3, -0.25) is 14.4 Å². The van der Waals surface area contributed by atoms with Crippen molar-refractivity contribution >= 4 is 29.5 Å². The van der Waals surface area contributed by atoms with E-state index in [0.29, 0.717) is 0 Å². The van der Waals surface area contributed by atoms with Crippen LogP contribution in [-0.4, -0.2) is 48.4 Å². The lowest BCUT2D eigenvalue weighted by Crippen LogP contribution is -2.40. The summed E-state index contributed by atoms with van der Waals surface area (Å²) in [5, 5.41) is 0. The lowest BCUT2D eigenvalue weighted by atomic mass is 10.1. The Balaban J connectivity index is 2.76. The molecule has 0 saturated carbocycles. The van der Waals surface area contributed by atoms with E-state index in [0.717, 1.165) is 0 Å². The van der Waals surface area contributed by atoms with Crippen molar-refractivity contribution in [1.29, 1.82) is 0 Å². The van der Waals surface area contributed by atoms with Crippen molar-refractivity contribution in [3.8, 4) is 0 Å². The second-order valence-electron chi connectivity index (χ2n) is 3.98. The minimum atomic E-state index is -0.978. The molecule has 4 atom stereocenters. The summed E-state index contributed by atoms with van der Waals surface area (Å²) in [6, 6.07) is 0. The summed E-state index contributed by atoms with van der Waals surface area (Å²) in [5.74, 6) is -1.67. The lowest BCUT2D eigenvalue weighted by Gasteiger charge is -2.22. The summed E-state index contributed by atoms with van der Waals surface area (Å²) in [4.78, 5) is 32.8. The van der Waals surface area contributed by atoms with Crippen molar-refractivity contribution in [3.05, 3.63) is 0 Å². The number of halogens is 1. The van der Waals surface area contributed by atoms with E-state index in [9.17, 15) is 14.4 Å². The number of alkyl halides is 1. The number of carbonyl (C=O) groups is 3. The zero-order valence-corrected chi connectivity index (χ0v) is 11.5. The molecule has 0 amide bonds. The van der Waals surface area contributed by atoms with Crippen LogP contribution >= 0.6 is 11.6 Å². The predicted molar refractivity (Wildman–Crippen MR) is 62.3 cm³/mol. The third kappa shape index (κ3) is 4.68. The molecular formula is C11H15ClO7. The number of carbonyl (C=O) groups excluding carboxylic acids is 3. The van der Waals surface area contributed by atoms with E-state index in [1.54, 1.807) is 0 Å². The third-order valence-electron chi connectivity index (χ3n) is 2.31. The van der Waals surface area contributed by atoms with Crippen LogP contribution in [0.3, 0.4) is 0 Å². The van der Waals surface area contributed by atoms with Gasteiger partial charge in [0.25, 0.3) is 0 Å². The van der Waals surface area contributed by atoms with Gasteiger partial charge in [0.15, 0.2) is 17.8 Å². The van der Waals surface area contributed by atoms with Gasteiger partial charge in [-0.25, -0.2) is 0 Å². The first kappa shape index (κ1) is 15.7. The smallest absolute Gasteiger partial charge is 0.303 e. The van der Waals surface area contributed by atoms with E-state index in [2.05, 4.69) is 0 Å². The van der Waals surface area contributed by atoms with Crippen molar-refractivity contribution in [3.63, 3.8) is 0 Å². The highest BCUT2D eigenvalue weighted by Gasteiger charge is 2.48. The Bertz CT molecular complexity index is 370. The number of rotatable bonds is 4. The highest BCUT2D eigenvalue weighted by molar-refractivity contribution is 6.20. The van der Waals surface area contributed by atoms with Crippen LogP contribution < -0.4 is 0 Å². The average molecular weight is 295 g/mol. The van der Waals surface area contributed by atoms with Crippen molar-refractivity contribution in [2.75, 3.05) is 6.61 Å². The van der Waals surface area contributed by atoms with Gasteiger partial charge >= 0.3 is 17.9 Å². The number of hydrogen-bond acceptors (Lipinski definition) is 7. The van der Waals surface area contributed by atoms with Crippen LogP contribution in [0.25, 0.3) is 0 Å². The molecule has 108 valence electrons. The van der Waals surface area contributed by atoms with Crippen LogP contribution in [0, 0.1) is 0 Å². The summed E-state index contributed by atoms with van der Waals surface area (Å²) in [5.41, 5.74) is -0.978. The Morgan fingerprint density at radius 3 is 2.00 bits per heavy atom. The number of hydrogen-bond donors (Lipinski definition) is 0. The molecule has 1 aliphatic rings. The molecule has 0 aromatic carbocycles. The molecule has 0 bridgehead atoms. The Morgan fingerprint density at radius 1 is 1.00 bits per heavy atom. The SMILES string of the molecule is CC(=O)OC[C@H]1OC(Cl)C(OC(C)=O)[C@H]1OC(C)=O. The van der Waals surface area contributed by atoms with Crippen LogP contribution in [0.1, 0.15) is 20.8 Å². The summed E-state index contributed by atoms with van der Waals surface area (Å²) in [6.45, 7) is 3.49. The zero-order valence-electron chi connectivity index (χ0n) is 10.8. The Hall–Kier alpha value is -1.34. The first-order valence-corrected chi connectivity index (χ1v) is 6.02. The fourth-order valence-electron chi connectivity index (χ4n) is 1.66. The van der Waals surface area contributed by atoms with Crippen molar-refractivity contribution in [1.82, 2.24) is 0 Å². The molecule has 0 spiro atoms. The maximum atomic E-state index is 11.1. The molecule has 0 aliphatic carbocycles. The van der Waals surface area contributed by atoms with E-state index >= 15 is 0 Å². The summed E-state index contributed by atoms with van der Waals surface area (Å²) >= 11 is 5.88. The lowest BCUT2D eigenvalue weighted by molar-refractivity contribution is -0.165. The summed E-state index contributed by atoms with van der Waals surface area (Å²) in [6.07, 6.45) is -2.63. The van der Waals surface area contributed by atoms with Crippen molar-refractivity contribution < 1.29 is 33.3 Å². The van der Waals surface area contributed by atoms with E-state index in [1.807, 2.05) is 0 Å². The van der Waals surface area contributed by atoms with E-state index in [-0.39, 0.29) is 6.61 Å². The van der Waals surface area contributed by atoms with Gasteiger partial charge in [0.05, 0.1) is 0 Å². The Kier molecular flexibility index (Phi) is 5.56. The monoisotopic (exact) mass is 294 g/mol. The largest absolute Gasteiger partial charge is 0.463 e. The molecule has 0 N–H and O–H groups in total. The molecule has 7 nitrogen and oxygen atoms in total. The summed E-state index contributed by atoms with van der Waals surface area (Å²) < 4.78 is 20.0. The van der Waals surface area contributed by atoms with Crippen LogP contribution in [0.4, 0.5) is 0 Å². The molecule has 1 saturated heterocycles. The second kappa shape index (κ2) is 6.72. The molecule has 0 radical (unpaired) electrons.